The third-order valence-electron chi connectivity index (χ3n) is 2.64. The second kappa shape index (κ2) is 7.97. The van der Waals surface area contributed by atoms with Crippen molar-refractivity contribution in [2.45, 2.75) is 13.0 Å². The number of hydrogen-bond donors (Lipinski definition) is 2. The Bertz CT molecular complexity index is 586. The van der Waals surface area contributed by atoms with Crippen molar-refractivity contribution in [3.63, 3.8) is 0 Å². The normalized spacial score (nSPS) is 10.4. The lowest BCUT2D eigenvalue weighted by Crippen LogP contribution is -2.30. The number of nitrogens with zero attached hydrogens (tertiary/aromatic N) is 1. The Morgan fingerprint density at radius 2 is 2.14 bits per heavy atom. The van der Waals surface area contributed by atoms with Crippen LogP contribution in [-0.4, -0.2) is 24.7 Å². The van der Waals surface area contributed by atoms with Gasteiger partial charge < -0.3 is 15.4 Å². The lowest BCUT2D eigenvalue weighted by molar-refractivity contribution is 0.184. The average molecular weight is 326 g/mol. The molecule has 2 N–H and O–H groups in total. The molecule has 0 aliphatic heterocycles. The number of amides is 2. The van der Waals surface area contributed by atoms with E-state index < -0.39 is 0 Å². The molecule has 1 aromatic carbocycles. The molecule has 0 bridgehead atoms. The highest BCUT2D eigenvalue weighted by molar-refractivity contribution is 7.09. The standard InChI is InChI=1S/C14H16ClN3O2S/c1-20-8-13-17-12(9-21-13)6-7-16-14(19)18-11-4-2-10(15)3-5-11/h2-5,9H,6-8H2,1H3,(H2,16,18,19). The Kier molecular flexibility index (Phi) is 5.98. The molecule has 0 aliphatic rings. The molecule has 0 atom stereocenters. The van der Waals surface area contributed by atoms with Gasteiger partial charge in [0.25, 0.3) is 0 Å². The van der Waals surface area contributed by atoms with Crippen molar-refractivity contribution in [1.82, 2.24) is 10.3 Å². The molecule has 7 heteroatoms. The third-order valence-corrected chi connectivity index (χ3v) is 3.76. The number of anilines is 1. The van der Waals surface area contributed by atoms with Crippen molar-refractivity contribution in [2.24, 2.45) is 0 Å². The SMILES string of the molecule is COCc1nc(CCNC(=O)Nc2ccc(Cl)cc2)cs1. The molecule has 0 unspecified atom stereocenters. The van der Waals surface area contributed by atoms with Gasteiger partial charge in [-0.25, -0.2) is 9.78 Å². The zero-order valence-electron chi connectivity index (χ0n) is 11.6. The quantitative estimate of drug-likeness (QED) is 0.856. The molecule has 0 radical (unpaired) electrons. The van der Waals surface area contributed by atoms with Gasteiger partial charge in [0.2, 0.25) is 0 Å². The van der Waals surface area contributed by atoms with Crippen molar-refractivity contribution in [1.29, 1.82) is 0 Å². The molecule has 1 heterocycles. The fraction of sp³-hybridized carbons (Fsp3) is 0.286. The van der Waals surface area contributed by atoms with E-state index in [1.807, 2.05) is 5.38 Å². The number of carbonyl (C=O) groups is 1. The zero-order chi connectivity index (χ0) is 15.1. The summed E-state index contributed by atoms with van der Waals surface area (Å²) in [4.78, 5) is 16.1. The number of rotatable bonds is 6. The van der Waals surface area contributed by atoms with E-state index in [0.29, 0.717) is 30.3 Å². The summed E-state index contributed by atoms with van der Waals surface area (Å²) in [6.07, 6.45) is 0.689. The maximum atomic E-state index is 11.7. The first-order chi connectivity index (χ1) is 10.2. The molecule has 2 rings (SSSR count). The molecule has 1 aromatic heterocycles. The minimum absolute atomic E-state index is 0.246. The smallest absolute Gasteiger partial charge is 0.319 e. The highest BCUT2D eigenvalue weighted by Gasteiger charge is 2.04. The van der Waals surface area contributed by atoms with Crippen LogP contribution < -0.4 is 10.6 Å². The van der Waals surface area contributed by atoms with Crippen LogP contribution in [0.1, 0.15) is 10.7 Å². The number of carbonyl (C=O) groups excluding carboxylic acids is 1. The van der Waals surface area contributed by atoms with Crippen molar-refractivity contribution in [3.05, 3.63) is 45.4 Å². The molecule has 0 saturated heterocycles. The fourth-order valence-corrected chi connectivity index (χ4v) is 2.59. The van der Waals surface area contributed by atoms with E-state index in [1.54, 1.807) is 42.7 Å². The van der Waals surface area contributed by atoms with E-state index >= 15 is 0 Å². The van der Waals surface area contributed by atoms with Gasteiger partial charge in [-0.05, 0) is 24.3 Å². The fourth-order valence-electron chi connectivity index (χ4n) is 1.67. The van der Waals surface area contributed by atoms with Gasteiger partial charge in [-0.3, -0.25) is 0 Å². The summed E-state index contributed by atoms with van der Waals surface area (Å²) in [5.74, 6) is 0. The molecule has 2 amide bonds. The number of benzene rings is 1. The zero-order valence-corrected chi connectivity index (χ0v) is 13.1. The average Bonchev–Trinajstić information content (AvgIpc) is 2.89. The van der Waals surface area contributed by atoms with Crippen LogP contribution in [0.15, 0.2) is 29.6 Å². The highest BCUT2D eigenvalue weighted by Crippen LogP contribution is 2.13. The maximum absolute atomic E-state index is 11.7. The molecule has 0 aliphatic carbocycles. The van der Waals surface area contributed by atoms with Gasteiger partial charge in [-0.15, -0.1) is 11.3 Å². The van der Waals surface area contributed by atoms with Crippen LogP contribution in [0.3, 0.4) is 0 Å². The Balaban J connectivity index is 1.72. The van der Waals surface area contributed by atoms with Gasteiger partial charge in [0, 0.05) is 36.2 Å². The Morgan fingerprint density at radius 1 is 1.38 bits per heavy atom. The van der Waals surface area contributed by atoms with E-state index in [-0.39, 0.29) is 6.03 Å². The summed E-state index contributed by atoms with van der Waals surface area (Å²) in [6.45, 7) is 1.05. The summed E-state index contributed by atoms with van der Waals surface area (Å²) in [6, 6.07) is 6.71. The van der Waals surface area contributed by atoms with Crippen molar-refractivity contribution in [2.75, 3.05) is 19.0 Å². The van der Waals surface area contributed by atoms with E-state index in [0.717, 1.165) is 10.7 Å². The highest BCUT2D eigenvalue weighted by atomic mass is 35.5. The van der Waals surface area contributed by atoms with Crippen LogP contribution in [0.25, 0.3) is 0 Å². The van der Waals surface area contributed by atoms with Crippen LogP contribution in [0.4, 0.5) is 10.5 Å². The Morgan fingerprint density at radius 3 is 2.86 bits per heavy atom. The van der Waals surface area contributed by atoms with Crippen LogP contribution in [0.2, 0.25) is 5.02 Å². The monoisotopic (exact) mass is 325 g/mol. The van der Waals surface area contributed by atoms with Gasteiger partial charge in [-0.1, -0.05) is 11.6 Å². The van der Waals surface area contributed by atoms with Crippen LogP contribution in [0.5, 0.6) is 0 Å². The Hall–Kier alpha value is -1.63. The summed E-state index contributed by atoms with van der Waals surface area (Å²) in [5, 5.41) is 9.08. The molecular weight excluding hydrogens is 310 g/mol. The lowest BCUT2D eigenvalue weighted by atomic mass is 10.3. The summed E-state index contributed by atoms with van der Waals surface area (Å²) in [5.41, 5.74) is 1.66. The van der Waals surface area contributed by atoms with Crippen LogP contribution in [0, 0.1) is 0 Å². The minimum atomic E-state index is -0.246. The number of methoxy groups -OCH3 is 1. The second-order valence-corrected chi connectivity index (χ2v) is 5.68. The maximum Gasteiger partial charge on any atom is 0.319 e. The molecule has 5 nitrogen and oxygen atoms in total. The topological polar surface area (TPSA) is 63.2 Å². The van der Waals surface area contributed by atoms with Gasteiger partial charge in [0.05, 0.1) is 12.3 Å². The molecule has 112 valence electrons. The van der Waals surface area contributed by atoms with Gasteiger partial charge in [0.1, 0.15) is 5.01 Å². The van der Waals surface area contributed by atoms with Gasteiger partial charge in [-0.2, -0.15) is 0 Å². The first kappa shape index (κ1) is 15.8. The summed E-state index contributed by atoms with van der Waals surface area (Å²) in [7, 11) is 1.64. The molecule has 0 spiro atoms. The first-order valence-corrected chi connectivity index (χ1v) is 7.66. The second-order valence-electron chi connectivity index (χ2n) is 4.30. The number of nitrogens with one attached hydrogen (secondary N) is 2. The number of ether oxygens (including phenoxy) is 1. The number of aromatic nitrogens is 1. The molecule has 0 fully saturated rings. The predicted octanol–water partition coefficient (Wildman–Crippen LogP) is 3.31. The summed E-state index contributed by atoms with van der Waals surface area (Å²) < 4.78 is 5.02. The van der Waals surface area contributed by atoms with Crippen molar-refractivity contribution >= 4 is 34.7 Å². The van der Waals surface area contributed by atoms with Gasteiger partial charge in [0.15, 0.2) is 0 Å². The summed E-state index contributed by atoms with van der Waals surface area (Å²) >= 11 is 7.34. The van der Waals surface area contributed by atoms with Crippen LogP contribution >= 0.6 is 22.9 Å². The van der Waals surface area contributed by atoms with E-state index in [9.17, 15) is 4.79 Å². The first-order valence-electron chi connectivity index (χ1n) is 6.40. The van der Waals surface area contributed by atoms with E-state index in [1.165, 1.54) is 0 Å². The lowest BCUT2D eigenvalue weighted by Gasteiger charge is -2.06. The molecule has 21 heavy (non-hydrogen) atoms. The largest absolute Gasteiger partial charge is 0.378 e. The third kappa shape index (κ3) is 5.34. The number of thiazole rings is 1. The van der Waals surface area contributed by atoms with E-state index in [4.69, 9.17) is 16.3 Å². The Labute approximate surface area is 132 Å². The van der Waals surface area contributed by atoms with E-state index in [2.05, 4.69) is 15.6 Å². The molecule has 0 saturated carbocycles. The number of urea groups is 1. The van der Waals surface area contributed by atoms with Crippen LogP contribution in [-0.2, 0) is 17.8 Å². The number of halogens is 1. The van der Waals surface area contributed by atoms with Crippen molar-refractivity contribution in [3.8, 4) is 0 Å². The minimum Gasteiger partial charge on any atom is -0.378 e. The van der Waals surface area contributed by atoms with Gasteiger partial charge >= 0.3 is 6.03 Å². The number of hydrogen-bond acceptors (Lipinski definition) is 4. The predicted molar refractivity (Wildman–Crippen MR) is 85.0 cm³/mol. The van der Waals surface area contributed by atoms with Crippen molar-refractivity contribution < 1.29 is 9.53 Å². The molecular formula is C14H16ClN3O2S. The molecule has 2 aromatic rings.